The van der Waals surface area contributed by atoms with E-state index in [0.29, 0.717) is 5.69 Å². The zero-order valence-electron chi connectivity index (χ0n) is 12.2. The Morgan fingerprint density at radius 3 is 2.05 bits per heavy atom. The molecule has 1 aromatic carbocycles. The van der Waals surface area contributed by atoms with Gasteiger partial charge in [0.15, 0.2) is 0 Å². The summed E-state index contributed by atoms with van der Waals surface area (Å²) in [4.78, 5) is 22.8. The van der Waals surface area contributed by atoms with Crippen molar-refractivity contribution < 1.29 is 19.4 Å². The largest absolute Gasteiger partial charge is 0.491 e. The first-order valence-corrected chi connectivity index (χ1v) is 6.61. The molecule has 0 saturated heterocycles. The highest BCUT2D eigenvalue weighted by Crippen LogP contribution is 2.19. The van der Waals surface area contributed by atoms with Gasteiger partial charge in [-0.15, -0.1) is 0 Å². The van der Waals surface area contributed by atoms with Crippen molar-refractivity contribution in [2.45, 2.75) is 33.8 Å². The number of anilines is 1. The van der Waals surface area contributed by atoms with Gasteiger partial charge in [-0.3, -0.25) is 9.59 Å². The molecule has 2 N–H and O–H groups in total. The summed E-state index contributed by atoms with van der Waals surface area (Å²) in [5.41, 5.74) is 0.621. The van der Waals surface area contributed by atoms with Gasteiger partial charge in [-0.25, -0.2) is 0 Å². The third-order valence-electron chi connectivity index (χ3n) is 3.05. The summed E-state index contributed by atoms with van der Waals surface area (Å²) in [6.45, 7) is 6.99. The third kappa shape index (κ3) is 4.57. The highest BCUT2D eigenvalue weighted by molar-refractivity contribution is 5.94. The maximum Gasteiger partial charge on any atom is 0.307 e. The number of carboxylic acids is 1. The van der Waals surface area contributed by atoms with Crippen molar-refractivity contribution in [1.29, 1.82) is 0 Å². The van der Waals surface area contributed by atoms with Gasteiger partial charge < -0.3 is 15.2 Å². The van der Waals surface area contributed by atoms with Gasteiger partial charge in [-0.1, -0.05) is 13.8 Å². The second-order valence-electron chi connectivity index (χ2n) is 5.10. The minimum atomic E-state index is -0.978. The molecule has 5 heteroatoms. The number of hydrogen-bond donors (Lipinski definition) is 2. The van der Waals surface area contributed by atoms with E-state index in [1.54, 1.807) is 31.2 Å². The molecule has 20 heavy (non-hydrogen) atoms. The molecule has 0 aliphatic rings. The summed E-state index contributed by atoms with van der Waals surface area (Å²) < 4.78 is 5.50. The van der Waals surface area contributed by atoms with E-state index in [2.05, 4.69) is 5.32 Å². The molecule has 0 aromatic heterocycles. The molecule has 0 spiro atoms. The van der Waals surface area contributed by atoms with Gasteiger partial charge in [0.25, 0.3) is 0 Å². The Balaban J connectivity index is 2.64. The molecule has 0 heterocycles. The van der Waals surface area contributed by atoms with Crippen LogP contribution in [-0.2, 0) is 9.59 Å². The predicted octanol–water partition coefficient (Wildman–Crippen LogP) is 2.77. The topological polar surface area (TPSA) is 75.6 Å². The molecule has 0 saturated carbocycles. The lowest BCUT2D eigenvalue weighted by molar-refractivity contribution is -0.145. The van der Waals surface area contributed by atoms with Gasteiger partial charge in [0.2, 0.25) is 5.91 Å². The molecule has 0 aliphatic heterocycles. The van der Waals surface area contributed by atoms with Gasteiger partial charge >= 0.3 is 5.97 Å². The van der Waals surface area contributed by atoms with E-state index < -0.39 is 17.8 Å². The van der Waals surface area contributed by atoms with Crippen LogP contribution in [0.15, 0.2) is 24.3 Å². The fourth-order valence-corrected chi connectivity index (χ4v) is 1.59. The van der Waals surface area contributed by atoms with Crippen molar-refractivity contribution in [2.75, 3.05) is 5.32 Å². The molecule has 1 rings (SSSR count). The van der Waals surface area contributed by atoms with Crippen molar-refractivity contribution in [3.8, 4) is 5.75 Å². The van der Waals surface area contributed by atoms with Gasteiger partial charge in [0.05, 0.1) is 12.0 Å². The number of hydrogen-bond acceptors (Lipinski definition) is 3. The normalized spacial score (nSPS) is 13.7. The summed E-state index contributed by atoms with van der Waals surface area (Å²) in [5, 5.41) is 11.6. The van der Waals surface area contributed by atoms with Crippen LogP contribution in [0.25, 0.3) is 0 Å². The molecular formula is C15H21NO4. The molecule has 0 fully saturated rings. The van der Waals surface area contributed by atoms with E-state index in [1.165, 1.54) is 6.92 Å². The predicted molar refractivity (Wildman–Crippen MR) is 76.8 cm³/mol. The second-order valence-corrected chi connectivity index (χ2v) is 5.10. The molecule has 0 radical (unpaired) electrons. The maximum atomic E-state index is 11.9. The molecule has 0 bridgehead atoms. The van der Waals surface area contributed by atoms with Crippen molar-refractivity contribution in [2.24, 2.45) is 11.8 Å². The highest BCUT2D eigenvalue weighted by Gasteiger charge is 2.25. The monoisotopic (exact) mass is 279 g/mol. The molecule has 2 unspecified atom stereocenters. The number of carbonyl (C=O) groups excluding carboxylic acids is 1. The van der Waals surface area contributed by atoms with E-state index in [-0.39, 0.29) is 12.0 Å². The summed E-state index contributed by atoms with van der Waals surface area (Å²) in [5.74, 6) is -1.88. The molecule has 1 amide bonds. The van der Waals surface area contributed by atoms with Crippen LogP contribution in [0, 0.1) is 11.8 Å². The quantitative estimate of drug-likeness (QED) is 0.839. The fourth-order valence-electron chi connectivity index (χ4n) is 1.59. The first-order valence-electron chi connectivity index (χ1n) is 6.61. The van der Waals surface area contributed by atoms with E-state index in [0.717, 1.165) is 5.75 Å². The fraction of sp³-hybridized carbons (Fsp3) is 0.467. The Kier molecular flexibility index (Phi) is 5.55. The van der Waals surface area contributed by atoms with Crippen LogP contribution in [0.4, 0.5) is 5.69 Å². The van der Waals surface area contributed by atoms with Crippen molar-refractivity contribution >= 4 is 17.6 Å². The van der Waals surface area contributed by atoms with E-state index in [1.807, 2.05) is 13.8 Å². The Morgan fingerprint density at radius 2 is 1.60 bits per heavy atom. The molecule has 2 atom stereocenters. The Labute approximate surface area is 118 Å². The molecule has 5 nitrogen and oxygen atoms in total. The Bertz CT molecular complexity index is 467. The van der Waals surface area contributed by atoms with Gasteiger partial charge in [0, 0.05) is 11.6 Å². The lowest BCUT2D eigenvalue weighted by atomic mass is 9.95. The molecular weight excluding hydrogens is 258 g/mol. The molecule has 1 aromatic rings. The van der Waals surface area contributed by atoms with Crippen LogP contribution >= 0.6 is 0 Å². The van der Waals surface area contributed by atoms with E-state index in [4.69, 9.17) is 9.84 Å². The standard InChI is InChI=1S/C15H21NO4/c1-9(2)20-13-7-5-12(6-8-13)16-14(17)10(3)11(4)15(18)19/h5-11H,1-4H3,(H,16,17)(H,18,19). The number of ether oxygens (including phenoxy) is 1. The second kappa shape index (κ2) is 6.93. The average molecular weight is 279 g/mol. The van der Waals surface area contributed by atoms with Crippen LogP contribution < -0.4 is 10.1 Å². The molecule has 110 valence electrons. The summed E-state index contributed by atoms with van der Waals surface area (Å²) >= 11 is 0. The first-order chi connectivity index (χ1) is 9.31. The minimum absolute atomic E-state index is 0.0897. The number of rotatable bonds is 6. The first kappa shape index (κ1) is 16.0. The van der Waals surface area contributed by atoms with Crippen molar-refractivity contribution in [3.05, 3.63) is 24.3 Å². The number of benzene rings is 1. The van der Waals surface area contributed by atoms with Crippen LogP contribution in [0.1, 0.15) is 27.7 Å². The maximum absolute atomic E-state index is 11.9. The van der Waals surface area contributed by atoms with E-state index >= 15 is 0 Å². The zero-order valence-corrected chi connectivity index (χ0v) is 12.2. The lowest BCUT2D eigenvalue weighted by Crippen LogP contribution is -2.29. The lowest BCUT2D eigenvalue weighted by Gasteiger charge is -2.16. The van der Waals surface area contributed by atoms with Gasteiger partial charge in [-0.2, -0.15) is 0 Å². The van der Waals surface area contributed by atoms with Gasteiger partial charge in [-0.05, 0) is 38.1 Å². The average Bonchev–Trinajstić information content (AvgIpc) is 2.38. The van der Waals surface area contributed by atoms with Crippen molar-refractivity contribution in [1.82, 2.24) is 0 Å². The Hall–Kier alpha value is -2.04. The molecule has 0 aliphatic carbocycles. The third-order valence-corrected chi connectivity index (χ3v) is 3.05. The number of carbonyl (C=O) groups is 2. The number of aliphatic carboxylic acids is 1. The van der Waals surface area contributed by atoms with Crippen LogP contribution in [0.3, 0.4) is 0 Å². The summed E-state index contributed by atoms with van der Waals surface area (Å²) in [6, 6.07) is 6.99. The van der Waals surface area contributed by atoms with Gasteiger partial charge in [0.1, 0.15) is 5.75 Å². The van der Waals surface area contributed by atoms with Crippen LogP contribution in [-0.4, -0.2) is 23.1 Å². The SMILES string of the molecule is CC(C)Oc1ccc(NC(=O)C(C)C(C)C(=O)O)cc1. The minimum Gasteiger partial charge on any atom is -0.491 e. The number of nitrogens with one attached hydrogen (secondary N) is 1. The van der Waals surface area contributed by atoms with E-state index in [9.17, 15) is 9.59 Å². The van der Waals surface area contributed by atoms with Crippen molar-refractivity contribution in [3.63, 3.8) is 0 Å². The zero-order chi connectivity index (χ0) is 15.3. The summed E-state index contributed by atoms with van der Waals surface area (Å²) in [7, 11) is 0. The number of carboxylic acid groups (broad SMARTS) is 1. The van der Waals surface area contributed by atoms with Crippen LogP contribution in [0.5, 0.6) is 5.75 Å². The highest BCUT2D eigenvalue weighted by atomic mass is 16.5. The Morgan fingerprint density at radius 1 is 1.05 bits per heavy atom. The van der Waals surface area contributed by atoms with Crippen LogP contribution in [0.2, 0.25) is 0 Å². The number of amides is 1. The summed E-state index contributed by atoms with van der Waals surface area (Å²) in [6.07, 6.45) is 0.0897. The smallest absolute Gasteiger partial charge is 0.307 e.